The lowest BCUT2D eigenvalue weighted by molar-refractivity contribution is 1.82. The van der Waals surface area contributed by atoms with Gasteiger partial charge in [0, 0.05) is 53.9 Å². The standard InChI is InChI=1S/C20H34Br2S2Si6/c1-27(2)25(15-13-17-9-11-19(21)23-17)29(5,6)30(7,8)26(28(27,3)4)16-14-18-10-12-20(22)24-18/h9-16,25-26H,1-8H3/b15-13+,16-14+. The molecule has 1 fully saturated rings. The first-order valence-electron chi connectivity index (χ1n) is 10.6. The van der Waals surface area contributed by atoms with Gasteiger partial charge in [-0.2, -0.15) is 0 Å². The van der Waals surface area contributed by atoms with Crippen molar-refractivity contribution in [2.24, 2.45) is 0 Å². The van der Waals surface area contributed by atoms with Crippen molar-refractivity contribution in [1.82, 2.24) is 0 Å². The first-order valence-corrected chi connectivity index (χ1v) is 36.4. The zero-order valence-corrected chi connectivity index (χ0v) is 30.5. The van der Waals surface area contributed by atoms with Crippen molar-refractivity contribution in [2.75, 3.05) is 0 Å². The van der Waals surface area contributed by atoms with E-state index in [1.807, 2.05) is 22.7 Å². The second-order valence-corrected chi connectivity index (χ2v) is 82.9. The third kappa shape index (κ3) is 4.56. The predicted octanol–water partition coefficient (Wildman–Crippen LogP) is 7.91. The molecule has 0 unspecified atom stereocenters. The summed E-state index contributed by atoms with van der Waals surface area (Å²) in [5, 5.41) is 0. The fourth-order valence-corrected chi connectivity index (χ4v) is 235. The van der Waals surface area contributed by atoms with Crippen LogP contribution in [0.1, 0.15) is 9.75 Å². The SMILES string of the molecule is C[Si]1(C)[SiH](/C=C/c2ccc(Br)s2)[Si](C)(C)[Si](C)(C)[SiH](/C=C/c2ccc(Br)s2)[Si]1(C)C. The third-order valence-electron chi connectivity index (χ3n) is 8.53. The van der Waals surface area contributed by atoms with Crippen LogP contribution >= 0.6 is 54.5 Å². The van der Waals surface area contributed by atoms with Crippen molar-refractivity contribution in [3.8, 4) is 0 Å². The maximum Gasteiger partial charge on any atom is 0.0704 e. The number of rotatable bonds is 4. The van der Waals surface area contributed by atoms with Gasteiger partial charge in [0.05, 0.1) is 7.57 Å². The van der Waals surface area contributed by atoms with Gasteiger partial charge in [0.2, 0.25) is 0 Å². The normalized spacial score (nSPS) is 27.1. The molecule has 0 radical (unpaired) electrons. The van der Waals surface area contributed by atoms with Gasteiger partial charge in [-0.3, -0.25) is 0 Å². The molecular weight excluding hydrogens is 633 g/mol. The van der Waals surface area contributed by atoms with Crippen LogP contribution in [0.3, 0.4) is 0 Å². The van der Waals surface area contributed by atoms with Crippen LogP contribution < -0.4 is 0 Å². The second kappa shape index (κ2) is 9.06. The lowest BCUT2D eigenvalue weighted by atomic mass is 10.5. The molecule has 0 nitrogen and oxygen atoms in total. The highest BCUT2D eigenvalue weighted by molar-refractivity contribution is 9.11. The van der Waals surface area contributed by atoms with E-state index in [0.29, 0.717) is 0 Å². The summed E-state index contributed by atoms with van der Waals surface area (Å²) in [5.41, 5.74) is 5.70. The first kappa shape index (κ1) is 25.8. The molecule has 30 heavy (non-hydrogen) atoms. The van der Waals surface area contributed by atoms with Gasteiger partial charge >= 0.3 is 0 Å². The maximum absolute atomic E-state index is 3.65. The van der Waals surface area contributed by atoms with Crippen LogP contribution in [0.5, 0.6) is 0 Å². The molecule has 2 aromatic rings. The Morgan fingerprint density at radius 1 is 0.600 bits per heavy atom. The van der Waals surface area contributed by atoms with Crippen LogP contribution in [0, 0.1) is 0 Å². The zero-order valence-electron chi connectivity index (χ0n) is 19.3. The van der Waals surface area contributed by atoms with Crippen LogP contribution in [0.15, 0.2) is 43.2 Å². The number of halogens is 2. The molecule has 0 spiro atoms. The second-order valence-electron chi connectivity index (χ2n) is 10.8. The molecule has 10 heteroatoms. The fourth-order valence-electron chi connectivity index (χ4n) is 5.59. The molecule has 164 valence electrons. The maximum atomic E-state index is 3.65. The van der Waals surface area contributed by atoms with Crippen LogP contribution in [-0.2, 0) is 0 Å². The molecule has 2 aromatic heterocycles. The van der Waals surface area contributed by atoms with E-state index in [0.717, 1.165) is 0 Å². The van der Waals surface area contributed by atoms with Gasteiger partial charge in [0.25, 0.3) is 0 Å². The number of hydrogen-bond acceptors (Lipinski definition) is 2. The molecule has 0 aliphatic carbocycles. The van der Waals surface area contributed by atoms with Crippen LogP contribution in [-0.4, -0.2) is 44.1 Å². The molecule has 3 heterocycles. The summed E-state index contributed by atoms with van der Waals surface area (Å²) in [6.07, 6.45) is 5.07. The zero-order chi connectivity index (χ0) is 22.5. The van der Waals surface area contributed by atoms with E-state index in [1.54, 1.807) is 0 Å². The largest absolute Gasteiger partial charge is 0.129 e. The smallest absolute Gasteiger partial charge is 0.0704 e. The molecule has 1 aliphatic heterocycles. The Labute approximate surface area is 214 Å². The van der Waals surface area contributed by atoms with E-state index >= 15 is 0 Å². The molecule has 3 rings (SSSR count). The summed E-state index contributed by atoms with van der Waals surface area (Å²) in [6.45, 7) is 22.7. The van der Waals surface area contributed by atoms with E-state index in [9.17, 15) is 0 Å². The predicted molar refractivity (Wildman–Crippen MR) is 166 cm³/mol. The average Bonchev–Trinajstić information content (AvgIpc) is 3.21. The number of thiophene rings is 2. The first-order chi connectivity index (χ1) is 13.7. The molecule has 0 N–H and O–H groups in total. The van der Waals surface area contributed by atoms with E-state index in [4.69, 9.17) is 0 Å². The Morgan fingerprint density at radius 3 is 1.13 bits per heavy atom. The van der Waals surface area contributed by atoms with Crippen molar-refractivity contribution < 1.29 is 0 Å². The van der Waals surface area contributed by atoms with Gasteiger partial charge in [-0.15, -0.1) is 34.1 Å². The minimum atomic E-state index is -1.23. The van der Waals surface area contributed by atoms with Crippen molar-refractivity contribution in [1.29, 1.82) is 0 Å². The average molecular weight is 667 g/mol. The van der Waals surface area contributed by atoms with Gasteiger partial charge in [0.1, 0.15) is 0 Å². The van der Waals surface area contributed by atoms with E-state index in [-0.39, 0.29) is 0 Å². The highest BCUT2D eigenvalue weighted by Gasteiger charge is 2.67. The quantitative estimate of drug-likeness (QED) is 0.291. The van der Waals surface area contributed by atoms with Gasteiger partial charge in [-0.25, -0.2) is 0 Å². The Morgan fingerprint density at radius 2 is 0.900 bits per heavy atom. The van der Waals surface area contributed by atoms with Crippen LogP contribution in [0.2, 0.25) is 52.4 Å². The molecule has 0 atom stereocenters. The molecule has 1 saturated heterocycles. The number of hydrogen-bond donors (Lipinski definition) is 0. The Kier molecular flexibility index (Phi) is 7.78. The summed E-state index contributed by atoms with van der Waals surface area (Å²) < 4.78 is 2.51. The molecule has 0 amide bonds. The van der Waals surface area contributed by atoms with Crippen molar-refractivity contribution in [2.45, 2.75) is 52.4 Å². The summed E-state index contributed by atoms with van der Waals surface area (Å²) in [5.74, 6) is 0. The Bertz CT molecular complexity index is 867. The highest BCUT2D eigenvalue weighted by Crippen LogP contribution is 2.43. The molecular formula is C20H34Br2S2Si6. The van der Waals surface area contributed by atoms with Gasteiger partial charge in [-0.05, 0) is 56.1 Å². The summed E-state index contributed by atoms with van der Waals surface area (Å²) in [7, 11) is -6.68. The highest BCUT2D eigenvalue weighted by atomic mass is 79.9. The van der Waals surface area contributed by atoms with Crippen LogP contribution in [0.25, 0.3) is 12.2 Å². The molecule has 0 saturated carbocycles. The van der Waals surface area contributed by atoms with Crippen molar-refractivity contribution in [3.05, 3.63) is 53.0 Å². The summed E-state index contributed by atoms with van der Waals surface area (Å²) in [4.78, 5) is 2.87. The van der Waals surface area contributed by atoms with Gasteiger partial charge < -0.3 is 0 Å². The molecule has 0 bridgehead atoms. The van der Waals surface area contributed by atoms with Crippen molar-refractivity contribution in [3.63, 3.8) is 0 Å². The van der Waals surface area contributed by atoms with Gasteiger partial charge in [0.15, 0.2) is 0 Å². The topological polar surface area (TPSA) is 0 Å². The molecule has 1 aliphatic rings. The van der Waals surface area contributed by atoms with E-state index in [1.165, 1.54) is 17.3 Å². The fraction of sp³-hybridized carbons (Fsp3) is 0.400. The van der Waals surface area contributed by atoms with E-state index < -0.39 is 44.1 Å². The minimum Gasteiger partial charge on any atom is -0.129 e. The Balaban J connectivity index is 2.04. The summed E-state index contributed by atoms with van der Waals surface area (Å²) >= 11 is 11.1. The Hall–Kier alpha value is 1.14. The summed E-state index contributed by atoms with van der Waals surface area (Å²) in [6, 6.07) is 8.98. The van der Waals surface area contributed by atoms with E-state index in [2.05, 4.69) is 132 Å². The minimum absolute atomic E-state index is 0.880. The molecule has 0 aromatic carbocycles. The lowest BCUT2D eigenvalue weighted by Crippen LogP contribution is -2.92. The monoisotopic (exact) mass is 664 g/mol. The lowest BCUT2D eigenvalue weighted by Gasteiger charge is -2.64. The van der Waals surface area contributed by atoms with Crippen LogP contribution in [0.4, 0.5) is 0 Å². The van der Waals surface area contributed by atoms with Gasteiger partial charge in [-0.1, -0.05) is 64.5 Å². The van der Waals surface area contributed by atoms with Crippen molar-refractivity contribution >= 4 is 111 Å². The third-order valence-corrected chi connectivity index (χ3v) is 147.